The molecular weight excluding hydrogens is 332 g/mol. The van der Waals surface area contributed by atoms with Gasteiger partial charge in [0.15, 0.2) is 0 Å². The standard InChI is InChI=1S/C24H26N2O/c1-15-9-10-22-21(13-15)24(17(3)25-18(4)26-24)23(27-22)12-11-19-7-5-6-8-20(19)16(2)14-23/h5-10,13,16,25-26H,3-4,11-12,14H2,1-2H3. The summed E-state index contributed by atoms with van der Waals surface area (Å²) in [5, 5.41) is 7.03. The van der Waals surface area contributed by atoms with E-state index in [-0.39, 0.29) is 0 Å². The Morgan fingerprint density at radius 1 is 1.15 bits per heavy atom. The van der Waals surface area contributed by atoms with Crippen molar-refractivity contribution in [1.82, 2.24) is 10.6 Å². The van der Waals surface area contributed by atoms with E-state index >= 15 is 0 Å². The second kappa shape index (κ2) is 5.41. The van der Waals surface area contributed by atoms with Crippen LogP contribution in [-0.2, 0) is 12.0 Å². The molecule has 27 heavy (non-hydrogen) atoms. The summed E-state index contributed by atoms with van der Waals surface area (Å²) in [6.45, 7) is 13.0. The van der Waals surface area contributed by atoms with Gasteiger partial charge in [-0.25, -0.2) is 0 Å². The summed E-state index contributed by atoms with van der Waals surface area (Å²) in [5.74, 6) is 2.16. The van der Waals surface area contributed by atoms with Gasteiger partial charge < -0.3 is 15.4 Å². The lowest BCUT2D eigenvalue weighted by Gasteiger charge is -2.43. The minimum atomic E-state index is -0.484. The number of aryl methyl sites for hydroxylation is 2. The lowest BCUT2D eigenvalue weighted by atomic mass is 9.69. The number of benzene rings is 2. The molecule has 0 radical (unpaired) electrons. The molecule has 2 N–H and O–H groups in total. The number of ether oxygens (including phenoxy) is 1. The molecule has 0 aromatic heterocycles. The summed E-state index contributed by atoms with van der Waals surface area (Å²) in [4.78, 5) is 0. The first-order valence-corrected chi connectivity index (χ1v) is 9.77. The summed E-state index contributed by atoms with van der Waals surface area (Å²) in [6, 6.07) is 15.3. The number of hydrogen-bond donors (Lipinski definition) is 2. The highest BCUT2D eigenvalue weighted by atomic mass is 16.5. The first kappa shape index (κ1) is 16.5. The number of nitrogens with one attached hydrogen (secondary N) is 2. The van der Waals surface area contributed by atoms with Gasteiger partial charge in [0.05, 0.1) is 5.82 Å². The van der Waals surface area contributed by atoms with Crippen LogP contribution in [0, 0.1) is 6.92 Å². The molecule has 2 aromatic rings. The van der Waals surface area contributed by atoms with E-state index in [0.717, 1.165) is 36.5 Å². The molecule has 1 aliphatic carbocycles. The topological polar surface area (TPSA) is 33.3 Å². The van der Waals surface area contributed by atoms with Crippen molar-refractivity contribution in [2.24, 2.45) is 0 Å². The molecule has 0 bridgehead atoms. The van der Waals surface area contributed by atoms with Gasteiger partial charge in [-0.05, 0) is 55.4 Å². The van der Waals surface area contributed by atoms with Crippen molar-refractivity contribution in [1.29, 1.82) is 0 Å². The van der Waals surface area contributed by atoms with E-state index in [0.29, 0.717) is 5.92 Å². The van der Waals surface area contributed by atoms with Crippen LogP contribution in [0.3, 0.4) is 0 Å². The van der Waals surface area contributed by atoms with Crippen molar-refractivity contribution < 1.29 is 4.74 Å². The van der Waals surface area contributed by atoms with Gasteiger partial charge >= 0.3 is 0 Å². The Balaban J connectivity index is 1.70. The normalized spacial score (nSPS) is 31.1. The Hall–Kier alpha value is -2.68. The second-order valence-corrected chi connectivity index (χ2v) is 8.36. The monoisotopic (exact) mass is 358 g/mol. The molecular formula is C24H26N2O. The van der Waals surface area contributed by atoms with Gasteiger partial charge in [-0.1, -0.05) is 56.0 Å². The molecule has 0 saturated carbocycles. The van der Waals surface area contributed by atoms with Gasteiger partial charge in [-0.3, -0.25) is 0 Å². The fraction of sp³-hybridized carbons (Fsp3) is 0.333. The predicted molar refractivity (Wildman–Crippen MR) is 109 cm³/mol. The zero-order chi connectivity index (χ0) is 18.8. The average molecular weight is 358 g/mol. The van der Waals surface area contributed by atoms with E-state index in [1.165, 1.54) is 22.3 Å². The Kier molecular flexibility index (Phi) is 3.31. The van der Waals surface area contributed by atoms with Gasteiger partial charge in [-0.15, -0.1) is 0 Å². The van der Waals surface area contributed by atoms with E-state index in [9.17, 15) is 0 Å². The molecule has 5 rings (SSSR count). The van der Waals surface area contributed by atoms with Crippen molar-refractivity contribution in [3.05, 3.63) is 89.4 Å². The first-order chi connectivity index (χ1) is 12.9. The van der Waals surface area contributed by atoms with Crippen LogP contribution >= 0.6 is 0 Å². The van der Waals surface area contributed by atoms with Crippen molar-refractivity contribution in [3.63, 3.8) is 0 Å². The minimum Gasteiger partial charge on any atom is -0.484 e. The number of rotatable bonds is 0. The summed E-state index contributed by atoms with van der Waals surface area (Å²) in [7, 11) is 0. The van der Waals surface area contributed by atoms with Crippen LogP contribution in [0.15, 0.2) is 67.1 Å². The molecule has 3 atom stereocenters. The second-order valence-electron chi connectivity index (χ2n) is 8.36. The van der Waals surface area contributed by atoms with Crippen molar-refractivity contribution in [2.45, 2.75) is 50.2 Å². The SMILES string of the molecule is C=C1NC(=C)C2(N1)c1cc(C)ccc1OC21CCc2ccccc2C(C)C1. The van der Waals surface area contributed by atoms with Crippen molar-refractivity contribution in [3.8, 4) is 5.75 Å². The van der Waals surface area contributed by atoms with Crippen molar-refractivity contribution in [2.75, 3.05) is 0 Å². The van der Waals surface area contributed by atoms with Gasteiger partial charge in [0, 0.05) is 11.3 Å². The largest absolute Gasteiger partial charge is 0.484 e. The number of fused-ring (bicyclic) bond motifs is 4. The molecule has 3 aliphatic rings. The van der Waals surface area contributed by atoms with Crippen LogP contribution in [0.25, 0.3) is 0 Å². The van der Waals surface area contributed by atoms with Crippen LogP contribution < -0.4 is 15.4 Å². The van der Waals surface area contributed by atoms with Crippen LogP contribution in [-0.4, -0.2) is 5.60 Å². The van der Waals surface area contributed by atoms with Crippen LogP contribution in [0.5, 0.6) is 5.75 Å². The summed E-state index contributed by atoms with van der Waals surface area (Å²) in [5.41, 5.74) is 5.34. The van der Waals surface area contributed by atoms with E-state index in [1.54, 1.807) is 0 Å². The molecule has 1 fully saturated rings. The smallest absolute Gasteiger partial charge is 0.147 e. The predicted octanol–water partition coefficient (Wildman–Crippen LogP) is 4.64. The van der Waals surface area contributed by atoms with E-state index in [1.807, 2.05) is 0 Å². The van der Waals surface area contributed by atoms with Crippen LogP contribution in [0.4, 0.5) is 0 Å². The molecule has 2 spiro atoms. The summed E-state index contributed by atoms with van der Waals surface area (Å²) in [6.07, 6.45) is 2.86. The highest BCUT2D eigenvalue weighted by molar-refractivity contribution is 5.57. The minimum absolute atomic E-state index is 0.398. The molecule has 0 amide bonds. The Morgan fingerprint density at radius 3 is 2.74 bits per heavy atom. The average Bonchev–Trinajstić information content (AvgIpc) is 3.03. The zero-order valence-electron chi connectivity index (χ0n) is 16.1. The Bertz CT molecular complexity index is 978. The maximum Gasteiger partial charge on any atom is 0.147 e. The summed E-state index contributed by atoms with van der Waals surface area (Å²) >= 11 is 0. The highest BCUT2D eigenvalue weighted by Crippen LogP contribution is 2.58. The molecule has 3 nitrogen and oxygen atoms in total. The quantitative estimate of drug-likeness (QED) is 0.720. The van der Waals surface area contributed by atoms with E-state index in [2.05, 4.69) is 80.1 Å². The first-order valence-electron chi connectivity index (χ1n) is 9.77. The Labute approximate surface area is 161 Å². The van der Waals surface area contributed by atoms with Gasteiger partial charge in [0.2, 0.25) is 0 Å². The third-order valence-electron chi connectivity index (χ3n) is 6.64. The maximum atomic E-state index is 6.82. The molecule has 3 unspecified atom stereocenters. The third-order valence-corrected chi connectivity index (χ3v) is 6.64. The Morgan fingerprint density at radius 2 is 1.96 bits per heavy atom. The lowest BCUT2D eigenvalue weighted by molar-refractivity contribution is 0.00687. The van der Waals surface area contributed by atoms with Crippen LogP contribution in [0.1, 0.15) is 47.9 Å². The van der Waals surface area contributed by atoms with E-state index in [4.69, 9.17) is 4.74 Å². The maximum absolute atomic E-state index is 6.82. The molecule has 138 valence electrons. The highest BCUT2D eigenvalue weighted by Gasteiger charge is 2.64. The molecule has 2 aliphatic heterocycles. The van der Waals surface area contributed by atoms with Gasteiger partial charge in [-0.2, -0.15) is 0 Å². The summed E-state index contributed by atoms with van der Waals surface area (Å²) < 4.78 is 6.82. The zero-order valence-corrected chi connectivity index (χ0v) is 16.1. The molecule has 2 heterocycles. The molecule has 1 saturated heterocycles. The van der Waals surface area contributed by atoms with Gasteiger partial charge in [0.25, 0.3) is 0 Å². The lowest BCUT2D eigenvalue weighted by Crippen LogP contribution is -2.58. The fourth-order valence-corrected chi connectivity index (χ4v) is 5.51. The van der Waals surface area contributed by atoms with Gasteiger partial charge in [0.1, 0.15) is 16.9 Å². The fourth-order valence-electron chi connectivity index (χ4n) is 5.51. The molecule has 2 aromatic carbocycles. The van der Waals surface area contributed by atoms with E-state index < -0.39 is 11.1 Å². The van der Waals surface area contributed by atoms with Crippen molar-refractivity contribution >= 4 is 0 Å². The van der Waals surface area contributed by atoms with Crippen LogP contribution in [0.2, 0.25) is 0 Å². The third kappa shape index (κ3) is 2.08. The molecule has 3 heteroatoms. The number of hydrogen-bond acceptors (Lipinski definition) is 3.